The van der Waals surface area contributed by atoms with E-state index in [4.69, 9.17) is 9.47 Å². The van der Waals surface area contributed by atoms with E-state index in [2.05, 4.69) is 11.8 Å². The molecule has 0 saturated carbocycles. The van der Waals surface area contributed by atoms with Crippen LogP contribution >= 0.6 is 0 Å². The summed E-state index contributed by atoms with van der Waals surface area (Å²) in [4.78, 5) is 13.8. The highest BCUT2D eigenvalue weighted by Gasteiger charge is 2.34. The zero-order valence-electron chi connectivity index (χ0n) is 11.4. The molecule has 2 saturated heterocycles. The average Bonchev–Trinajstić information content (AvgIpc) is 2.92. The van der Waals surface area contributed by atoms with Crippen molar-refractivity contribution in [1.82, 2.24) is 4.90 Å². The third kappa shape index (κ3) is 3.53. The smallest absolute Gasteiger partial charge is 0.127 e. The van der Waals surface area contributed by atoms with E-state index < -0.39 is 0 Å². The van der Waals surface area contributed by atoms with E-state index in [0.717, 1.165) is 65.0 Å². The zero-order chi connectivity index (χ0) is 12.8. The van der Waals surface area contributed by atoms with Crippen molar-refractivity contribution in [2.45, 2.75) is 38.7 Å². The largest absolute Gasteiger partial charge is 0.381 e. The third-order valence-corrected chi connectivity index (χ3v) is 4.21. The summed E-state index contributed by atoms with van der Waals surface area (Å²) in [5.41, 5.74) is -0.188. The average molecular weight is 255 g/mol. The number of ether oxygens (including phenoxy) is 2. The number of carbonyl (C=O) groups is 1. The molecule has 4 nitrogen and oxygen atoms in total. The molecule has 104 valence electrons. The minimum Gasteiger partial charge on any atom is -0.381 e. The van der Waals surface area contributed by atoms with Crippen molar-refractivity contribution in [3.05, 3.63) is 0 Å². The topological polar surface area (TPSA) is 38.8 Å². The number of hydrogen-bond acceptors (Lipinski definition) is 4. The van der Waals surface area contributed by atoms with E-state index in [0.29, 0.717) is 6.10 Å². The van der Waals surface area contributed by atoms with Gasteiger partial charge in [0.1, 0.15) is 6.29 Å². The van der Waals surface area contributed by atoms with Crippen LogP contribution in [-0.4, -0.2) is 56.7 Å². The summed E-state index contributed by atoms with van der Waals surface area (Å²) in [5, 5.41) is 0. The summed E-state index contributed by atoms with van der Waals surface area (Å²) in [7, 11) is 0. The summed E-state index contributed by atoms with van der Waals surface area (Å²) in [6, 6.07) is 0. The second kappa shape index (κ2) is 6.64. The second-order valence-corrected chi connectivity index (χ2v) is 5.56. The molecule has 0 aromatic rings. The maximum atomic E-state index is 11.5. The van der Waals surface area contributed by atoms with Gasteiger partial charge in [-0.2, -0.15) is 0 Å². The van der Waals surface area contributed by atoms with Crippen LogP contribution in [-0.2, 0) is 14.3 Å². The molecule has 2 heterocycles. The summed E-state index contributed by atoms with van der Waals surface area (Å²) in [6.07, 6.45) is 5.58. The van der Waals surface area contributed by atoms with Crippen LogP contribution in [0.3, 0.4) is 0 Å². The highest BCUT2D eigenvalue weighted by molar-refractivity contribution is 5.60. The first kappa shape index (κ1) is 14.0. The van der Waals surface area contributed by atoms with Gasteiger partial charge in [-0.1, -0.05) is 6.92 Å². The Morgan fingerprint density at radius 2 is 2.11 bits per heavy atom. The fourth-order valence-electron chi connectivity index (χ4n) is 2.92. The van der Waals surface area contributed by atoms with Gasteiger partial charge < -0.3 is 19.2 Å². The number of nitrogens with zero attached hydrogens (tertiary/aromatic N) is 1. The van der Waals surface area contributed by atoms with Gasteiger partial charge in [0.15, 0.2) is 0 Å². The van der Waals surface area contributed by atoms with Crippen LogP contribution in [0.4, 0.5) is 0 Å². The molecule has 0 spiro atoms. The van der Waals surface area contributed by atoms with Crippen molar-refractivity contribution in [3.63, 3.8) is 0 Å². The van der Waals surface area contributed by atoms with Crippen LogP contribution in [0.25, 0.3) is 0 Å². The molecule has 2 fully saturated rings. The monoisotopic (exact) mass is 255 g/mol. The molecule has 0 aromatic carbocycles. The van der Waals surface area contributed by atoms with E-state index >= 15 is 0 Å². The lowest BCUT2D eigenvalue weighted by atomic mass is 9.81. The van der Waals surface area contributed by atoms with E-state index in [1.54, 1.807) is 0 Å². The lowest BCUT2D eigenvalue weighted by Gasteiger charge is -2.37. The molecule has 2 aliphatic heterocycles. The van der Waals surface area contributed by atoms with Crippen LogP contribution < -0.4 is 0 Å². The minimum atomic E-state index is -0.188. The van der Waals surface area contributed by atoms with Gasteiger partial charge >= 0.3 is 0 Å². The molecule has 2 aliphatic rings. The van der Waals surface area contributed by atoms with Crippen LogP contribution in [0.1, 0.15) is 32.6 Å². The number of aldehydes is 1. The van der Waals surface area contributed by atoms with Crippen LogP contribution in [0.15, 0.2) is 0 Å². The fourth-order valence-corrected chi connectivity index (χ4v) is 2.92. The van der Waals surface area contributed by atoms with Gasteiger partial charge in [-0.25, -0.2) is 0 Å². The first-order chi connectivity index (χ1) is 8.78. The standard InChI is InChI=1S/C14H25NO3/c1-2-15(10-13-4-3-7-18-13)11-14(12-16)5-8-17-9-6-14/h12-13H,2-11H2,1H3. The number of carbonyl (C=O) groups excluding carboxylic acids is 1. The summed E-state index contributed by atoms with van der Waals surface area (Å²) in [6.45, 7) is 7.30. The lowest BCUT2D eigenvalue weighted by Crippen LogP contribution is -2.44. The zero-order valence-corrected chi connectivity index (χ0v) is 11.4. The summed E-state index contributed by atoms with van der Waals surface area (Å²) in [5.74, 6) is 0. The first-order valence-electron chi connectivity index (χ1n) is 7.16. The number of rotatable bonds is 6. The second-order valence-electron chi connectivity index (χ2n) is 5.56. The van der Waals surface area contributed by atoms with Crippen LogP contribution in [0, 0.1) is 5.41 Å². The van der Waals surface area contributed by atoms with Gasteiger partial charge in [-0.15, -0.1) is 0 Å². The van der Waals surface area contributed by atoms with Crippen molar-refractivity contribution in [2.75, 3.05) is 39.5 Å². The quantitative estimate of drug-likeness (QED) is 0.674. The van der Waals surface area contributed by atoms with Crippen molar-refractivity contribution >= 4 is 6.29 Å². The van der Waals surface area contributed by atoms with Crippen LogP contribution in [0.5, 0.6) is 0 Å². The minimum absolute atomic E-state index is 0.188. The molecule has 18 heavy (non-hydrogen) atoms. The number of hydrogen-bond donors (Lipinski definition) is 0. The molecule has 0 bridgehead atoms. The van der Waals surface area contributed by atoms with E-state index in [-0.39, 0.29) is 5.41 Å². The molecule has 1 unspecified atom stereocenters. The molecule has 4 heteroatoms. The Balaban J connectivity index is 1.88. The maximum Gasteiger partial charge on any atom is 0.127 e. The maximum absolute atomic E-state index is 11.5. The SMILES string of the molecule is CCN(CC1CCCO1)CC1(C=O)CCOCC1. The number of likely N-dealkylation sites (N-methyl/N-ethyl adjacent to an activating group) is 1. The third-order valence-electron chi connectivity index (χ3n) is 4.21. The predicted octanol–water partition coefficient (Wildman–Crippen LogP) is 1.48. The van der Waals surface area contributed by atoms with E-state index in [1.807, 2.05) is 0 Å². The van der Waals surface area contributed by atoms with Crippen molar-refractivity contribution in [3.8, 4) is 0 Å². The van der Waals surface area contributed by atoms with E-state index in [1.165, 1.54) is 6.42 Å². The van der Waals surface area contributed by atoms with Crippen molar-refractivity contribution < 1.29 is 14.3 Å². The molecule has 1 atom stereocenters. The normalized spacial score (nSPS) is 27.6. The highest BCUT2D eigenvalue weighted by Crippen LogP contribution is 2.29. The van der Waals surface area contributed by atoms with Crippen molar-refractivity contribution in [1.29, 1.82) is 0 Å². The molecule has 0 amide bonds. The Morgan fingerprint density at radius 1 is 1.33 bits per heavy atom. The first-order valence-corrected chi connectivity index (χ1v) is 7.16. The summed E-state index contributed by atoms with van der Waals surface area (Å²) >= 11 is 0. The van der Waals surface area contributed by atoms with Gasteiger partial charge in [0, 0.05) is 38.3 Å². The van der Waals surface area contributed by atoms with Gasteiger partial charge in [-0.05, 0) is 32.2 Å². The van der Waals surface area contributed by atoms with Gasteiger partial charge in [0.05, 0.1) is 6.10 Å². The van der Waals surface area contributed by atoms with Crippen molar-refractivity contribution in [2.24, 2.45) is 5.41 Å². The van der Waals surface area contributed by atoms with Gasteiger partial charge in [0.25, 0.3) is 0 Å². The summed E-state index contributed by atoms with van der Waals surface area (Å²) < 4.78 is 11.1. The van der Waals surface area contributed by atoms with E-state index in [9.17, 15) is 4.79 Å². The molecular weight excluding hydrogens is 230 g/mol. The van der Waals surface area contributed by atoms with Gasteiger partial charge in [0.2, 0.25) is 0 Å². The molecular formula is C14H25NO3. The molecule has 0 aromatic heterocycles. The molecule has 0 N–H and O–H groups in total. The molecule has 2 rings (SSSR count). The van der Waals surface area contributed by atoms with Crippen LogP contribution in [0.2, 0.25) is 0 Å². The predicted molar refractivity (Wildman–Crippen MR) is 69.6 cm³/mol. The Labute approximate surface area is 110 Å². The molecule has 0 radical (unpaired) electrons. The Kier molecular flexibility index (Phi) is 5.15. The Morgan fingerprint density at radius 3 is 2.67 bits per heavy atom. The highest BCUT2D eigenvalue weighted by atomic mass is 16.5. The fraction of sp³-hybridized carbons (Fsp3) is 0.929. The lowest BCUT2D eigenvalue weighted by molar-refractivity contribution is -0.123. The molecule has 0 aliphatic carbocycles. The Hall–Kier alpha value is -0.450. The Bertz CT molecular complexity index is 258. The van der Waals surface area contributed by atoms with Gasteiger partial charge in [-0.3, -0.25) is 0 Å².